The largest absolute Gasteiger partial charge is 0.481 e. The topological polar surface area (TPSA) is 104 Å². The number of nitrogens with zero attached hydrogens (tertiary/aromatic N) is 2. The predicted octanol–water partition coefficient (Wildman–Crippen LogP) is 1.46. The number of carboxylic acids is 1. The number of aliphatic carboxylic acids is 1. The van der Waals surface area contributed by atoms with Crippen molar-refractivity contribution in [1.29, 1.82) is 0 Å². The van der Waals surface area contributed by atoms with E-state index in [0.29, 0.717) is 5.17 Å². The summed E-state index contributed by atoms with van der Waals surface area (Å²) in [6.45, 7) is 1.93. The van der Waals surface area contributed by atoms with Gasteiger partial charge in [-0.2, -0.15) is 4.99 Å². The molecule has 0 spiro atoms. The molecule has 2 fully saturated rings. The molecule has 1 N–H and O–H groups in total. The molecular weight excluding hydrogens is 364 g/mol. The molecule has 7 nitrogen and oxygen atoms in total. The number of anilines is 1. The SMILES string of the molecule is Cc1cccc(N2C(=NC(=O)CCC(=O)O)S[C@H]3CS(=O)(=O)C[C@@H]32)c1. The van der Waals surface area contributed by atoms with E-state index in [4.69, 9.17) is 5.11 Å². The molecule has 2 aliphatic heterocycles. The molecular formula is C16H18N2O5S2. The van der Waals surface area contributed by atoms with Crippen LogP contribution in [0.5, 0.6) is 0 Å². The van der Waals surface area contributed by atoms with Crippen molar-refractivity contribution >= 4 is 44.3 Å². The van der Waals surface area contributed by atoms with Crippen molar-refractivity contribution in [3.8, 4) is 0 Å². The summed E-state index contributed by atoms with van der Waals surface area (Å²) in [5, 5.41) is 8.97. The van der Waals surface area contributed by atoms with E-state index in [9.17, 15) is 18.0 Å². The average Bonchev–Trinajstić information content (AvgIpc) is 2.96. The number of amidine groups is 1. The van der Waals surface area contributed by atoms with Crippen LogP contribution < -0.4 is 4.90 Å². The maximum Gasteiger partial charge on any atom is 0.303 e. The number of amides is 1. The van der Waals surface area contributed by atoms with Crippen LogP contribution in [0, 0.1) is 6.92 Å². The molecule has 1 aromatic rings. The number of fused-ring (bicyclic) bond motifs is 1. The fourth-order valence-electron chi connectivity index (χ4n) is 3.02. The summed E-state index contributed by atoms with van der Waals surface area (Å²) in [6, 6.07) is 7.33. The summed E-state index contributed by atoms with van der Waals surface area (Å²) in [6.07, 6.45) is -0.444. The minimum absolute atomic E-state index is 0.0287. The Kier molecular flexibility index (Phi) is 4.88. The third kappa shape index (κ3) is 4.04. The Morgan fingerprint density at radius 3 is 2.76 bits per heavy atom. The number of rotatable bonds is 4. The van der Waals surface area contributed by atoms with Crippen LogP contribution in [0.4, 0.5) is 5.69 Å². The molecule has 2 aliphatic rings. The molecule has 2 heterocycles. The molecule has 0 unspecified atom stereocenters. The van der Waals surface area contributed by atoms with Gasteiger partial charge in [-0.15, -0.1) is 0 Å². The quantitative estimate of drug-likeness (QED) is 0.840. The zero-order valence-corrected chi connectivity index (χ0v) is 15.2. The highest BCUT2D eigenvalue weighted by Crippen LogP contribution is 2.41. The van der Waals surface area contributed by atoms with E-state index in [-0.39, 0.29) is 35.6 Å². The lowest BCUT2D eigenvalue weighted by Gasteiger charge is -2.24. The second kappa shape index (κ2) is 6.80. The third-order valence-corrected chi connectivity index (χ3v) is 7.33. The summed E-state index contributed by atoms with van der Waals surface area (Å²) < 4.78 is 24.0. The number of carboxylic acid groups (broad SMARTS) is 1. The Hall–Kier alpha value is -1.87. The highest BCUT2D eigenvalue weighted by atomic mass is 32.2. The van der Waals surface area contributed by atoms with Crippen LogP contribution in [0.15, 0.2) is 29.3 Å². The molecule has 0 saturated carbocycles. The minimum Gasteiger partial charge on any atom is -0.481 e. The molecule has 134 valence electrons. The zero-order chi connectivity index (χ0) is 18.2. The molecule has 0 bridgehead atoms. The smallest absolute Gasteiger partial charge is 0.303 e. The Bertz CT molecular complexity index is 850. The first-order valence-electron chi connectivity index (χ1n) is 7.81. The zero-order valence-electron chi connectivity index (χ0n) is 13.6. The first-order chi connectivity index (χ1) is 11.7. The summed E-state index contributed by atoms with van der Waals surface area (Å²) in [7, 11) is -3.11. The second-order valence-electron chi connectivity index (χ2n) is 6.19. The van der Waals surface area contributed by atoms with Crippen LogP contribution in [-0.2, 0) is 19.4 Å². The molecule has 0 radical (unpaired) electrons. The van der Waals surface area contributed by atoms with E-state index in [1.165, 1.54) is 11.8 Å². The Labute approximate surface area is 150 Å². The minimum atomic E-state index is -3.11. The summed E-state index contributed by atoms with van der Waals surface area (Å²) in [5.74, 6) is -1.47. The lowest BCUT2D eigenvalue weighted by atomic mass is 10.1. The Morgan fingerprint density at radius 2 is 2.08 bits per heavy atom. The van der Waals surface area contributed by atoms with Crippen LogP contribution in [0.3, 0.4) is 0 Å². The number of hydrogen-bond donors (Lipinski definition) is 1. The van der Waals surface area contributed by atoms with Gasteiger partial charge in [-0.05, 0) is 24.6 Å². The van der Waals surface area contributed by atoms with Crippen LogP contribution in [-0.4, -0.2) is 53.4 Å². The lowest BCUT2D eigenvalue weighted by Crippen LogP contribution is -2.37. The number of carbonyl (C=O) groups excluding carboxylic acids is 1. The Morgan fingerprint density at radius 1 is 1.32 bits per heavy atom. The number of hydrogen-bond acceptors (Lipinski definition) is 5. The standard InChI is InChI=1S/C16H18N2O5S2/c1-10-3-2-4-11(7-10)18-12-8-25(22,23)9-13(12)24-16(18)17-14(19)5-6-15(20)21/h2-4,7,12-13H,5-6,8-9H2,1H3,(H,20,21)/t12-,13-/m0/s1. The Balaban J connectivity index is 1.92. The van der Waals surface area contributed by atoms with E-state index in [1.807, 2.05) is 36.1 Å². The van der Waals surface area contributed by atoms with Gasteiger partial charge in [-0.1, -0.05) is 23.9 Å². The van der Waals surface area contributed by atoms with Gasteiger partial charge in [0.25, 0.3) is 0 Å². The number of carbonyl (C=O) groups is 2. The predicted molar refractivity (Wildman–Crippen MR) is 96.8 cm³/mol. The van der Waals surface area contributed by atoms with E-state index in [2.05, 4.69) is 4.99 Å². The van der Waals surface area contributed by atoms with E-state index in [0.717, 1.165) is 11.3 Å². The highest BCUT2D eigenvalue weighted by Gasteiger charge is 2.49. The lowest BCUT2D eigenvalue weighted by molar-refractivity contribution is -0.138. The van der Waals surface area contributed by atoms with Gasteiger partial charge in [0.05, 0.1) is 24.0 Å². The van der Waals surface area contributed by atoms with Gasteiger partial charge in [0.15, 0.2) is 15.0 Å². The van der Waals surface area contributed by atoms with Crippen molar-refractivity contribution in [2.45, 2.75) is 31.1 Å². The monoisotopic (exact) mass is 382 g/mol. The summed E-state index contributed by atoms with van der Waals surface area (Å²) in [4.78, 5) is 28.5. The highest BCUT2D eigenvalue weighted by molar-refractivity contribution is 8.16. The van der Waals surface area contributed by atoms with Gasteiger partial charge >= 0.3 is 5.97 Å². The van der Waals surface area contributed by atoms with E-state index in [1.54, 1.807) is 0 Å². The number of sulfone groups is 1. The molecule has 25 heavy (non-hydrogen) atoms. The number of aryl methyl sites for hydroxylation is 1. The molecule has 1 amide bonds. The van der Waals surface area contributed by atoms with Gasteiger partial charge in [-0.3, -0.25) is 9.59 Å². The molecule has 9 heteroatoms. The fraction of sp³-hybridized carbons (Fsp3) is 0.438. The first kappa shape index (κ1) is 17.9. The van der Waals surface area contributed by atoms with Crippen LogP contribution in [0.2, 0.25) is 0 Å². The summed E-state index contributed by atoms with van der Waals surface area (Å²) in [5.41, 5.74) is 1.81. The van der Waals surface area contributed by atoms with Gasteiger partial charge < -0.3 is 10.0 Å². The van der Waals surface area contributed by atoms with Crippen LogP contribution in [0.1, 0.15) is 18.4 Å². The summed E-state index contributed by atoms with van der Waals surface area (Å²) >= 11 is 1.28. The average molecular weight is 382 g/mol. The maximum absolute atomic E-state index is 12.0. The molecule has 3 rings (SSSR count). The van der Waals surface area contributed by atoms with Gasteiger partial charge in [0.1, 0.15) is 0 Å². The van der Waals surface area contributed by atoms with Crippen molar-refractivity contribution in [2.75, 3.05) is 16.4 Å². The fourth-order valence-corrected chi connectivity index (χ4v) is 6.95. The van der Waals surface area contributed by atoms with Crippen LogP contribution >= 0.6 is 11.8 Å². The van der Waals surface area contributed by atoms with Crippen molar-refractivity contribution < 1.29 is 23.1 Å². The van der Waals surface area contributed by atoms with Crippen molar-refractivity contribution in [3.63, 3.8) is 0 Å². The van der Waals surface area contributed by atoms with Gasteiger partial charge in [0.2, 0.25) is 5.91 Å². The molecule has 2 atom stereocenters. The van der Waals surface area contributed by atoms with Crippen molar-refractivity contribution in [2.24, 2.45) is 4.99 Å². The number of aliphatic imine (C=N–C) groups is 1. The van der Waals surface area contributed by atoms with Crippen molar-refractivity contribution in [3.05, 3.63) is 29.8 Å². The number of thioether (sulfide) groups is 1. The number of benzene rings is 1. The molecule has 2 saturated heterocycles. The van der Waals surface area contributed by atoms with Gasteiger partial charge in [-0.25, -0.2) is 8.42 Å². The molecule has 1 aromatic carbocycles. The second-order valence-corrected chi connectivity index (χ2v) is 9.55. The third-order valence-electron chi connectivity index (χ3n) is 4.12. The molecule has 0 aromatic heterocycles. The maximum atomic E-state index is 12.0. The van der Waals surface area contributed by atoms with E-state index < -0.39 is 21.7 Å². The molecule has 0 aliphatic carbocycles. The van der Waals surface area contributed by atoms with Crippen LogP contribution in [0.25, 0.3) is 0 Å². The van der Waals surface area contributed by atoms with Gasteiger partial charge in [0, 0.05) is 17.4 Å². The van der Waals surface area contributed by atoms with Crippen molar-refractivity contribution in [1.82, 2.24) is 0 Å². The normalized spacial score (nSPS) is 26.0. The first-order valence-corrected chi connectivity index (χ1v) is 10.5. The van der Waals surface area contributed by atoms with E-state index >= 15 is 0 Å².